The van der Waals surface area contributed by atoms with Gasteiger partial charge in [0.25, 0.3) is 0 Å². The minimum atomic E-state index is 0.477. The van der Waals surface area contributed by atoms with E-state index in [0.29, 0.717) is 22.7 Å². The highest BCUT2D eigenvalue weighted by Crippen LogP contribution is 2.80. The van der Waals surface area contributed by atoms with Crippen molar-refractivity contribution >= 4 is 24.3 Å². The molecule has 8 bridgehead atoms. The zero-order valence-electron chi connectivity index (χ0n) is 27.8. The van der Waals surface area contributed by atoms with Gasteiger partial charge >= 0.3 is 0 Å². The van der Waals surface area contributed by atoms with E-state index in [0.717, 1.165) is 35.5 Å². The van der Waals surface area contributed by atoms with E-state index in [4.69, 9.17) is 0 Å². The summed E-state index contributed by atoms with van der Waals surface area (Å²) in [7, 11) is 0. The van der Waals surface area contributed by atoms with E-state index in [9.17, 15) is 0 Å². The van der Waals surface area contributed by atoms with Gasteiger partial charge in [0, 0.05) is 0 Å². The minimum absolute atomic E-state index is 0.477. The predicted molar refractivity (Wildman–Crippen MR) is 189 cm³/mol. The summed E-state index contributed by atoms with van der Waals surface area (Å²) in [5.41, 5.74) is 9.92. The first-order valence-corrected chi connectivity index (χ1v) is 18.3. The first-order chi connectivity index (χ1) is 21.5. The van der Waals surface area contributed by atoms with Crippen molar-refractivity contribution in [1.29, 1.82) is 0 Å². The number of hydrogen-bond acceptors (Lipinski definition) is 0. The van der Waals surface area contributed by atoms with Crippen LogP contribution in [-0.2, 0) is 0 Å². The van der Waals surface area contributed by atoms with Gasteiger partial charge in [-0.05, 0) is 196 Å². The van der Waals surface area contributed by atoms with Gasteiger partial charge in [-0.2, -0.15) is 0 Å². The van der Waals surface area contributed by atoms with Crippen LogP contribution in [-0.4, -0.2) is 0 Å². The fourth-order valence-electron chi connectivity index (χ4n) is 13.5. The molecule has 6 unspecified atom stereocenters. The molecule has 0 heterocycles. The van der Waals surface area contributed by atoms with Gasteiger partial charge < -0.3 is 0 Å². The third kappa shape index (κ3) is 4.52. The molecule has 0 heteroatoms. The van der Waals surface area contributed by atoms with Gasteiger partial charge in [-0.3, -0.25) is 0 Å². The Morgan fingerprint density at radius 3 is 1.43 bits per heavy atom. The summed E-state index contributed by atoms with van der Waals surface area (Å²) in [6.07, 6.45) is 33.4. The topological polar surface area (TPSA) is 0 Å². The normalized spacial score (nSPS) is 40.5. The average molecular weight is 583 g/mol. The maximum atomic E-state index is 2.64. The van der Waals surface area contributed by atoms with Crippen LogP contribution in [0.3, 0.4) is 0 Å². The van der Waals surface area contributed by atoms with Gasteiger partial charge in [-0.1, -0.05) is 72.9 Å². The third-order valence-electron chi connectivity index (χ3n) is 13.8. The van der Waals surface area contributed by atoms with Gasteiger partial charge in [-0.25, -0.2) is 0 Å². The maximum absolute atomic E-state index is 2.64. The van der Waals surface area contributed by atoms with Crippen LogP contribution in [0.15, 0.2) is 60.7 Å². The Balaban J connectivity index is 1.32. The van der Waals surface area contributed by atoms with Crippen LogP contribution < -0.4 is 0 Å². The largest absolute Gasteiger partial charge is 0.0871 e. The number of allylic oxidation sites excluding steroid dienone is 4. The lowest BCUT2D eigenvalue weighted by atomic mass is 9.30. The molecule has 0 aromatic heterocycles. The summed E-state index contributed by atoms with van der Waals surface area (Å²) in [6, 6.07) is 15.2. The fourth-order valence-corrected chi connectivity index (χ4v) is 13.5. The van der Waals surface area contributed by atoms with Crippen LogP contribution in [0.5, 0.6) is 0 Å². The quantitative estimate of drug-likeness (QED) is 0.305. The summed E-state index contributed by atoms with van der Waals surface area (Å²) in [5.74, 6) is 6.89. The van der Waals surface area contributed by atoms with Crippen molar-refractivity contribution < 1.29 is 0 Å². The summed E-state index contributed by atoms with van der Waals surface area (Å²) in [4.78, 5) is 0. The van der Waals surface area contributed by atoms with Crippen LogP contribution in [0, 0.1) is 46.3 Å². The molecule has 8 fully saturated rings. The summed E-state index contributed by atoms with van der Waals surface area (Å²) < 4.78 is 0. The molecule has 6 atom stereocenters. The van der Waals surface area contributed by atoms with E-state index in [-0.39, 0.29) is 0 Å². The molecule has 2 aromatic rings. The molecule has 8 aliphatic rings. The van der Waals surface area contributed by atoms with E-state index >= 15 is 0 Å². The second kappa shape index (κ2) is 11.0. The molecule has 0 N–H and O–H groups in total. The molecule has 8 saturated carbocycles. The molecule has 44 heavy (non-hydrogen) atoms. The maximum Gasteiger partial charge on any atom is -0.00650 e. The predicted octanol–water partition coefficient (Wildman–Crippen LogP) is 12.3. The highest BCUT2D eigenvalue weighted by molar-refractivity contribution is 5.62. The van der Waals surface area contributed by atoms with Crippen molar-refractivity contribution in [2.45, 2.75) is 104 Å². The SMILES string of the molecule is CC=Cc1cc(C=CC)cc(C2C3CC4CC2C(c2cc(C=CC)cc(C=CC)c2)C(C25CC6CC(CC(C6)C2)C5)(C4)C3)c1. The van der Waals surface area contributed by atoms with Crippen molar-refractivity contribution in [2.75, 3.05) is 0 Å². The Bertz CT molecular complexity index is 1430. The van der Waals surface area contributed by atoms with Crippen LogP contribution in [0.4, 0.5) is 0 Å². The van der Waals surface area contributed by atoms with Crippen LogP contribution in [0.2, 0.25) is 0 Å². The molecule has 0 spiro atoms. The second-order valence-electron chi connectivity index (χ2n) is 16.4. The highest BCUT2D eigenvalue weighted by Gasteiger charge is 2.70. The number of hydrogen-bond donors (Lipinski definition) is 0. The molecule has 0 nitrogen and oxygen atoms in total. The first-order valence-electron chi connectivity index (χ1n) is 18.3. The molecular formula is C44H54. The Hall–Kier alpha value is -2.60. The third-order valence-corrected chi connectivity index (χ3v) is 13.8. The number of benzene rings is 2. The lowest BCUT2D eigenvalue weighted by Crippen LogP contribution is -2.65. The summed E-state index contributed by atoms with van der Waals surface area (Å²) >= 11 is 0. The van der Waals surface area contributed by atoms with Gasteiger partial charge in [0.05, 0.1) is 0 Å². The van der Waals surface area contributed by atoms with E-state index in [1.165, 1.54) is 47.9 Å². The van der Waals surface area contributed by atoms with Crippen molar-refractivity contribution in [3.8, 4) is 0 Å². The minimum Gasteiger partial charge on any atom is -0.0871 e. The van der Waals surface area contributed by atoms with Gasteiger partial charge in [0.2, 0.25) is 0 Å². The zero-order valence-corrected chi connectivity index (χ0v) is 27.8. The van der Waals surface area contributed by atoms with Crippen LogP contribution in [0.25, 0.3) is 24.3 Å². The molecule has 0 saturated heterocycles. The van der Waals surface area contributed by atoms with E-state index in [1.54, 1.807) is 49.7 Å². The lowest BCUT2D eigenvalue weighted by Gasteiger charge is -2.74. The molecule has 2 aromatic carbocycles. The Kier molecular flexibility index (Phi) is 7.23. The standard InChI is InChI=1S/C44H54/c1-5-9-29-13-30(10-6-2)19-37(18-29)41-39-22-36-23-40(41)42(38-20-31(11-7-3)14-32(21-38)12-8-4)44(27-36,28-39)43-24-33-15-34(25-43)17-35(16-33)26-43/h5-14,18-21,33-36,39-42H,15-17,22-28H2,1-4H3. The second-order valence-corrected chi connectivity index (χ2v) is 16.4. The molecule has 230 valence electrons. The Morgan fingerprint density at radius 2 is 0.955 bits per heavy atom. The molecule has 0 radical (unpaired) electrons. The van der Waals surface area contributed by atoms with Gasteiger partial charge in [0.15, 0.2) is 0 Å². The zero-order chi connectivity index (χ0) is 30.1. The van der Waals surface area contributed by atoms with Crippen LogP contribution in [0.1, 0.15) is 137 Å². The van der Waals surface area contributed by atoms with Crippen molar-refractivity contribution in [3.63, 3.8) is 0 Å². The van der Waals surface area contributed by atoms with Crippen LogP contribution >= 0.6 is 0 Å². The first kappa shape index (κ1) is 28.8. The van der Waals surface area contributed by atoms with Crippen molar-refractivity contribution in [3.05, 3.63) is 94.1 Å². The van der Waals surface area contributed by atoms with E-state index in [2.05, 4.69) is 113 Å². The van der Waals surface area contributed by atoms with E-state index in [1.807, 2.05) is 0 Å². The fraction of sp³-hybridized carbons (Fsp3) is 0.545. The lowest BCUT2D eigenvalue weighted by molar-refractivity contribution is -0.217. The molecule has 10 rings (SSSR count). The summed E-state index contributed by atoms with van der Waals surface area (Å²) in [6.45, 7) is 8.68. The Morgan fingerprint density at radius 1 is 0.500 bits per heavy atom. The highest BCUT2D eigenvalue weighted by atomic mass is 14.7. The molecule has 8 aliphatic carbocycles. The monoisotopic (exact) mass is 582 g/mol. The summed E-state index contributed by atoms with van der Waals surface area (Å²) in [5, 5.41) is 0. The smallest absolute Gasteiger partial charge is 0.00650 e. The number of rotatable bonds is 7. The average Bonchev–Trinajstić information content (AvgIpc) is 2.97. The van der Waals surface area contributed by atoms with Gasteiger partial charge in [0.1, 0.15) is 0 Å². The Labute approximate surface area is 267 Å². The van der Waals surface area contributed by atoms with Crippen molar-refractivity contribution in [2.24, 2.45) is 46.3 Å². The molecule has 0 amide bonds. The molecular weight excluding hydrogens is 528 g/mol. The van der Waals surface area contributed by atoms with Crippen molar-refractivity contribution in [1.82, 2.24) is 0 Å². The van der Waals surface area contributed by atoms with Gasteiger partial charge in [-0.15, -0.1) is 0 Å². The molecule has 0 aliphatic heterocycles. The van der Waals surface area contributed by atoms with E-state index < -0.39 is 0 Å².